The maximum Gasteiger partial charge on any atom is 0.489 e. The molecular formula is C70H46BBrN4O2. The zero-order valence-electron chi connectivity index (χ0n) is 42.0. The van der Waals surface area contributed by atoms with Crippen molar-refractivity contribution >= 4 is 126 Å². The lowest BCUT2D eigenvalue weighted by Gasteiger charge is -2.16. The van der Waals surface area contributed by atoms with Crippen molar-refractivity contribution in [3.63, 3.8) is 0 Å². The second-order valence-corrected chi connectivity index (χ2v) is 20.6. The number of hydrogen-bond acceptors (Lipinski definition) is 4. The molecule has 0 saturated carbocycles. The highest BCUT2D eigenvalue weighted by molar-refractivity contribution is 9.10. The van der Waals surface area contributed by atoms with E-state index >= 15 is 0 Å². The molecule has 2 N–H and O–H groups in total. The fourth-order valence-electron chi connectivity index (χ4n) is 11.7. The Morgan fingerprint density at radius 1 is 0.321 bits per heavy atom. The third kappa shape index (κ3) is 8.22. The lowest BCUT2D eigenvalue weighted by molar-refractivity contribution is 0.426. The molecule has 0 saturated heterocycles. The SMILES string of the molecule is Brc1cccc(-c2cn3ccccc3n2)c1.OB(O)c1cc2c3ccccc3c3ccccc3c2c2ccccc12.c1cc(-c2cn3ccccc3n2)cc(-c2cc3c4ccccc4c4ccccc4c3c3ccccc23)c1. The molecule has 4 aromatic heterocycles. The number of benzene rings is 12. The number of aromatic nitrogens is 4. The molecule has 16 aromatic rings. The number of pyridine rings is 2. The Morgan fingerprint density at radius 3 is 1.18 bits per heavy atom. The first-order chi connectivity index (χ1) is 38.4. The normalized spacial score (nSPS) is 11.5. The van der Waals surface area contributed by atoms with Crippen molar-refractivity contribution in [2.75, 3.05) is 0 Å². The molecule has 12 aromatic carbocycles. The smallest absolute Gasteiger partial charge is 0.423 e. The zero-order chi connectivity index (χ0) is 52.3. The van der Waals surface area contributed by atoms with E-state index in [2.05, 4.69) is 189 Å². The average Bonchev–Trinajstić information content (AvgIpc) is 4.29. The van der Waals surface area contributed by atoms with Crippen LogP contribution in [0.1, 0.15) is 0 Å². The van der Waals surface area contributed by atoms with Gasteiger partial charge in [0.05, 0.1) is 11.4 Å². The van der Waals surface area contributed by atoms with E-state index in [1.54, 1.807) is 0 Å². The Bertz CT molecular complexity index is 4940. The lowest BCUT2D eigenvalue weighted by atomic mass is 9.75. The average molecular weight is 1070 g/mol. The van der Waals surface area contributed by atoms with Gasteiger partial charge in [-0.3, -0.25) is 0 Å². The van der Waals surface area contributed by atoms with E-state index in [0.717, 1.165) is 65.2 Å². The molecule has 4 heterocycles. The van der Waals surface area contributed by atoms with Gasteiger partial charge < -0.3 is 18.8 Å². The van der Waals surface area contributed by atoms with Crippen molar-refractivity contribution in [1.82, 2.24) is 18.8 Å². The highest BCUT2D eigenvalue weighted by Crippen LogP contribution is 2.44. The van der Waals surface area contributed by atoms with Gasteiger partial charge in [-0.05, 0) is 151 Å². The zero-order valence-corrected chi connectivity index (χ0v) is 43.6. The van der Waals surface area contributed by atoms with Crippen molar-refractivity contribution in [2.24, 2.45) is 0 Å². The van der Waals surface area contributed by atoms with Crippen LogP contribution in [0, 0.1) is 0 Å². The van der Waals surface area contributed by atoms with Crippen molar-refractivity contribution < 1.29 is 10.0 Å². The molecule has 0 aliphatic carbocycles. The van der Waals surface area contributed by atoms with Crippen LogP contribution in [0.25, 0.3) is 131 Å². The number of hydrogen-bond donors (Lipinski definition) is 2. The van der Waals surface area contributed by atoms with Gasteiger partial charge in [-0.1, -0.05) is 210 Å². The molecule has 0 aliphatic rings. The van der Waals surface area contributed by atoms with E-state index in [1.807, 2.05) is 108 Å². The van der Waals surface area contributed by atoms with Crippen LogP contribution in [0.2, 0.25) is 0 Å². The summed E-state index contributed by atoms with van der Waals surface area (Å²) in [4.78, 5) is 9.43. The van der Waals surface area contributed by atoms with E-state index in [0.29, 0.717) is 5.46 Å². The highest BCUT2D eigenvalue weighted by atomic mass is 79.9. The molecule has 16 rings (SSSR count). The van der Waals surface area contributed by atoms with E-state index in [-0.39, 0.29) is 0 Å². The van der Waals surface area contributed by atoms with E-state index in [9.17, 15) is 10.0 Å². The molecule has 0 spiro atoms. The molecule has 8 heteroatoms. The van der Waals surface area contributed by atoms with Gasteiger partial charge in [0.1, 0.15) is 11.3 Å². The quantitative estimate of drug-likeness (QED) is 0.136. The Balaban J connectivity index is 0.000000116. The summed E-state index contributed by atoms with van der Waals surface area (Å²) < 4.78 is 5.17. The summed E-state index contributed by atoms with van der Waals surface area (Å²) in [5, 5.41) is 39.1. The fraction of sp³-hybridized carbons (Fsp3) is 0. The molecule has 0 aliphatic heterocycles. The minimum atomic E-state index is -1.50. The van der Waals surface area contributed by atoms with Gasteiger partial charge in [-0.2, -0.15) is 0 Å². The van der Waals surface area contributed by atoms with Gasteiger partial charge >= 0.3 is 7.12 Å². The van der Waals surface area contributed by atoms with Crippen LogP contribution in [0.4, 0.5) is 0 Å². The monoisotopic (exact) mass is 1060 g/mol. The molecule has 0 bridgehead atoms. The number of imidazole rings is 2. The van der Waals surface area contributed by atoms with Crippen molar-refractivity contribution in [3.05, 3.63) is 272 Å². The molecule has 0 amide bonds. The third-order valence-corrected chi connectivity index (χ3v) is 15.6. The standard InChI is InChI=1S/C35H22N2.C22H15BO2.C13H9BrN2/c1-2-14-27-25(12-1)26-13-3-5-16-29(26)35-30-17-6-4-15-28(30)31(21-32(27)35)23-10-9-11-24(20-23)33-22-37-19-8-7-18-34(37)36-33;24-23(25)21-13-20-16-9-2-1-7-14(16)15-8-3-5-11-18(15)22(20)19-12-6-4-10-17(19)21;14-11-5-3-4-10(8-11)12-9-16-7-2-1-6-13(16)15-12/h1-22H;1-13,24-25H;1-9H. The van der Waals surface area contributed by atoms with Crippen LogP contribution in [-0.4, -0.2) is 35.9 Å². The van der Waals surface area contributed by atoms with Crippen molar-refractivity contribution in [3.8, 4) is 33.6 Å². The first-order valence-electron chi connectivity index (χ1n) is 26.0. The summed E-state index contributed by atoms with van der Waals surface area (Å²) in [7, 11) is -1.50. The van der Waals surface area contributed by atoms with Crippen LogP contribution in [0.5, 0.6) is 0 Å². The summed E-state index contributed by atoms with van der Waals surface area (Å²) in [6, 6.07) is 84.5. The van der Waals surface area contributed by atoms with Crippen LogP contribution < -0.4 is 5.46 Å². The summed E-state index contributed by atoms with van der Waals surface area (Å²) >= 11 is 3.47. The Hall–Kier alpha value is -9.44. The molecular weight excluding hydrogens is 1020 g/mol. The maximum atomic E-state index is 9.92. The van der Waals surface area contributed by atoms with Crippen LogP contribution >= 0.6 is 15.9 Å². The molecule has 368 valence electrons. The van der Waals surface area contributed by atoms with E-state index in [4.69, 9.17) is 4.98 Å². The Labute approximate surface area is 457 Å². The van der Waals surface area contributed by atoms with Gasteiger partial charge in [-0.25, -0.2) is 9.97 Å². The Kier molecular flexibility index (Phi) is 11.8. The summed E-state index contributed by atoms with van der Waals surface area (Å²) in [6.07, 6.45) is 8.19. The predicted octanol–water partition coefficient (Wildman–Crippen LogP) is 17.0. The van der Waals surface area contributed by atoms with E-state index in [1.165, 1.54) is 70.4 Å². The second-order valence-electron chi connectivity index (χ2n) is 19.7. The van der Waals surface area contributed by atoms with Gasteiger partial charge in [0.25, 0.3) is 0 Å². The molecule has 78 heavy (non-hydrogen) atoms. The minimum absolute atomic E-state index is 0.545. The maximum absolute atomic E-state index is 9.92. The highest BCUT2D eigenvalue weighted by Gasteiger charge is 2.20. The second kappa shape index (κ2) is 19.6. The molecule has 0 atom stereocenters. The fourth-order valence-corrected chi connectivity index (χ4v) is 12.1. The minimum Gasteiger partial charge on any atom is -0.423 e. The van der Waals surface area contributed by atoms with Gasteiger partial charge in [-0.15, -0.1) is 0 Å². The molecule has 0 radical (unpaired) electrons. The first-order valence-corrected chi connectivity index (χ1v) is 26.8. The molecule has 0 fully saturated rings. The summed E-state index contributed by atoms with van der Waals surface area (Å²) in [6.45, 7) is 0. The largest absolute Gasteiger partial charge is 0.489 e. The number of nitrogens with zero attached hydrogens (tertiary/aromatic N) is 4. The topological polar surface area (TPSA) is 75.1 Å². The predicted molar refractivity (Wildman–Crippen MR) is 331 cm³/mol. The van der Waals surface area contributed by atoms with Crippen molar-refractivity contribution in [2.45, 2.75) is 0 Å². The summed E-state index contributed by atoms with van der Waals surface area (Å²) in [5.74, 6) is 0. The number of rotatable bonds is 4. The number of fused-ring (bicyclic) bond motifs is 18. The molecule has 6 nitrogen and oxygen atoms in total. The van der Waals surface area contributed by atoms with Gasteiger partial charge in [0.15, 0.2) is 0 Å². The van der Waals surface area contributed by atoms with Crippen LogP contribution in [0.3, 0.4) is 0 Å². The van der Waals surface area contributed by atoms with Crippen LogP contribution in [0.15, 0.2) is 272 Å². The summed E-state index contributed by atoms with van der Waals surface area (Å²) in [5.41, 5.74) is 9.13. The third-order valence-electron chi connectivity index (χ3n) is 15.1. The van der Waals surface area contributed by atoms with Crippen molar-refractivity contribution in [1.29, 1.82) is 0 Å². The Morgan fingerprint density at radius 2 is 0.692 bits per heavy atom. The van der Waals surface area contributed by atoms with E-state index < -0.39 is 7.12 Å². The first kappa shape index (κ1) is 47.0. The van der Waals surface area contributed by atoms with Gasteiger partial charge in [0, 0.05) is 40.4 Å². The lowest BCUT2D eigenvalue weighted by Crippen LogP contribution is -2.30. The number of halogens is 1. The van der Waals surface area contributed by atoms with Gasteiger partial charge in [0.2, 0.25) is 0 Å². The van der Waals surface area contributed by atoms with Crippen LogP contribution in [-0.2, 0) is 0 Å². The molecule has 0 unspecified atom stereocenters.